The van der Waals surface area contributed by atoms with Crippen LogP contribution in [0.3, 0.4) is 0 Å². The minimum atomic E-state index is 0.612. The van der Waals surface area contributed by atoms with Crippen LogP contribution in [0.15, 0.2) is 12.1 Å². The molecule has 0 radical (unpaired) electrons. The van der Waals surface area contributed by atoms with Gasteiger partial charge in [-0.3, -0.25) is 0 Å². The molecule has 0 aromatic heterocycles. The van der Waals surface area contributed by atoms with E-state index in [9.17, 15) is 0 Å². The number of nitrogens with zero attached hydrogens (tertiary/aromatic N) is 1. The van der Waals surface area contributed by atoms with Crippen LogP contribution < -0.4 is 4.74 Å². The summed E-state index contributed by atoms with van der Waals surface area (Å²) in [4.78, 5) is 2.23. The topological polar surface area (TPSA) is 12.5 Å². The fourth-order valence-electron chi connectivity index (χ4n) is 1.39. The normalized spacial score (nSPS) is 10.9. The molecule has 0 unspecified atom stereocenters. The van der Waals surface area contributed by atoms with Crippen LogP contribution in [-0.2, 0) is 6.42 Å². The van der Waals surface area contributed by atoms with Crippen LogP contribution in [-0.4, -0.2) is 32.1 Å². The minimum Gasteiger partial charge on any atom is -0.495 e. The first-order valence-electron chi connectivity index (χ1n) is 5.29. The predicted molar refractivity (Wildman–Crippen MR) is 69.9 cm³/mol. The third kappa shape index (κ3) is 3.55. The van der Waals surface area contributed by atoms with Crippen LogP contribution in [0.1, 0.15) is 12.5 Å². The van der Waals surface area contributed by atoms with Crippen molar-refractivity contribution in [1.82, 2.24) is 4.90 Å². The average Bonchev–Trinajstić information content (AvgIpc) is 2.29. The average molecular weight is 262 g/mol. The second-order valence-corrected chi connectivity index (χ2v) is 4.54. The fraction of sp³-hybridized carbons (Fsp3) is 0.500. The van der Waals surface area contributed by atoms with Gasteiger partial charge >= 0.3 is 0 Å². The Kier molecular flexibility index (Phi) is 5.39. The lowest BCUT2D eigenvalue weighted by Gasteiger charge is -2.15. The lowest BCUT2D eigenvalue weighted by Crippen LogP contribution is -2.20. The first kappa shape index (κ1) is 13.6. The van der Waals surface area contributed by atoms with Crippen molar-refractivity contribution in [3.63, 3.8) is 0 Å². The maximum Gasteiger partial charge on any atom is 0.138 e. The smallest absolute Gasteiger partial charge is 0.138 e. The largest absolute Gasteiger partial charge is 0.495 e. The molecule has 0 aliphatic heterocycles. The molecule has 2 nitrogen and oxygen atoms in total. The molecule has 90 valence electrons. The summed E-state index contributed by atoms with van der Waals surface area (Å²) in [5.41, 5.74) is 1.06. The molecule has 0 fully saturated rings. The first-order valence-corrected chi connectivity index (χ1v) is 6.04. The zero-order valence-corrected chi connectivity index (χ0v) is 11.4. The van der Waals surface area contributed by atoms with Gasteiger partial charge in [0, 0.05) is 17.6 Å². The van der Waals surface area contributed by atoms with Crippen LogP contribution in [0.25, 0.3) is 0 Å². The highest BCUT2D eigenvalue weighted by Gasteiger charge is 2.08. The van der Waals surface area contributed by atoms with Crippen molar-refractivity contribution in [1.29, 1.82) is 0 Å². The lowest BCUT2D eigenvalue weighted by molar-refractivity contribution is 0.357. The Labute approximate surface area is 107 Å². The van der Waals surface area contributed by atoms with Gasteiger partial charge in [-0.25, -0.2) is 0 Å². The molecule has 16 heavy (non-hydrogen) atoms. The number of methoxy groups -OCH3 is 1. The standard InChI is InChI=1S/C12H17Cl2NO/c1-4-15(2)6-5-9-7-11(14)12(16-3)8-10(9)13/h7-8H,4-6H2,1-3H3. The number of benzene rings is 1. The van der Waals surface area contributed by atoms with E-state index in [2.05, 4.69) is 18.9 Å². The Bertz CT molecular complexity index is 355. The van der Waals surface area contributed by atoms with Gasteiger partial charge in [0.05, 0.1) is 12.1 Å². The minimum absolute atomic E-state index is 0.612. The Hall–Kier alpha value is -0.440. The molecule has 4 heteroatoms. The zero-order chi connectivity index (χ0) is 12.1. The highest BCUT2D eigenvalue weighted by atomic mass is 35.5. The van der Waals surface area contributed by atoms with Crippen molar-refractivity contribution in [3.8, 4) is 5.75 Å². The Morgan fingerprint density at radius 1 is 1.25 bits per heavy atom. The summed E-state index contributed by atoms with van der Waals surface area (Å²) < 4.78 is 5.10. The van der Waals surface area contributed by atoms with Gasteiger partial charge < -0.3 is 9.64 Å². The van der Waals surface area contributed by atoms with Gasteiger partial charge in [-0.2, -0.15) is 0 Å². The number of likely N-dealkylation sites (N-methyl/N-ethyl adjacent to an activating group) is 1. The van der Waals surface area contributed by atoms with E-state index in [-0.39, 0.29) is 0 Å². The molecule has 0 saturated carbocycles. The summed E-state index contributed by atoms with van der Waals surface area (Å²) in [7, 11) is 3.67. The zero-order valence-electron chi connectivity index (χ0n) is 9.89. The number of halogens is 2. The van der Waals surface area contributed by atoms with Gasteiger partial charge in [-0.05, 0) is 31.6 Å². The summed E-state index contributed by atoms with van der Waals surface area (Å²) in [6.07, 6.45) is 0.896. The lowest BCUT2D eigenvalue weighted by atomic mass is 10.1. The quantitative estimate of drug-likeness (QED) is 0.805. The van der Waals surface area contributed by atoms with E-state index in [1.807, 2.05) is 6.07 Å². The maximum atomic E-state index is 6.15. The van der Waals surface area contributed by atoms with Gasteiger partial charge in [0.1, 0.15) is 5.75 Å². The Morgan fingerprint density at radius 3 is 2.50 bits per heavy atom. The second-order valence-electron chi connectivity index (χ2n) is 3.72. The van der Waals surface area contributed by atoms with Crippen molar-refractivity contribution < 1.29 is 4.74 Å². The van der Waals surface area contributed by atoms with E-state index in [0.29, 0.717) is 15.8 Å². The fourth-order valence-corrected chi connectivity index (χ4v) is 1.90. The van der Waals surface area contributed by atoms with Gasteiger partial charge in [-0.1, -0.05) is 30.1 Å². The summed E-state index contributed by atoms with van der Waals surface area (Å²) >= 11 is 12.2. The van der Waals surface area contributed by atoms with Crippen LogP contribution in [0.5, 0.6) is 5.75 Å². The van der Waals surface area contributed by atoms with Crippen LogP contribution in [0.4, 0.5) is 0 Å². The van der Waals surface area contributed by atoms with Crippen molar-refractivity contribution in [2.24, 2.45) is 0 Å². The second kappa shape index (κ2) is 6.33. The van der Waals surface area contributed by atoms with Gasteiger partial charge in [0.25, 0.3) is 0 Å². The van der Waals surface area contributed by atoms with E-state index in [1.165, 1.54) is 0 Å². The molecule has 1 rings (SSSR count). The summed E-state index contributed by atoms with van der Waals surface area (Å²) in [5, 5.41) is 1.33. The molecule has 0 saturated heterocycles. The van der Waals surface area contributed by atoms with Crippen molar-refractivity contribution in [2.45, 2.75) is 13.3 Å². The van der Waals surface area contributed by atoms with Gasteiger partial charge in [-0.15, -0.1) is 0 Å². The molecule has 0 N–H and O–H groups in total. The monoisotopic (exact) mass is 261 g/mol. The molecule has 0 spiro atoms. The summed E-state index contributed by atoms with van der Waals surface area (Å²) in [6, 6.07) is 3.65. The van der Waals surface area contributed by atoms with E-state index in [4.69, 9.17) is 27.9 Å². The van der Waals surface area contributed by atoms with E-state index in [0.717, 1.165) is 25.1 Å². The molecule has 0 bridgehead atoms. The maximum absolute atomic E-state index is 6.15. The van der Waals surface area contributed by atoms with Crippen molar-refractivity contribution in [2.75, 3.05) is 27.2 Å². The number of rotatable bonds is 5. The molecule has 0 aliphatic carbocycles. The van der Waals surface area contributed by atoms with Crippen molar-refractivity contribution in [3.05, 3.63) is 27.7 Å². The molecular weight excluding hydrogens is 245 g/mol. The highest BCUT2D eigenvalue weighted by molar-refractivity contribution is 6.34. The number of hydrogen-bond acceptors (Lipinski definition) is 2. The molecule has 1 aromatic carbocycles. The third-order valence-corrected chi connectivity index (χ3v) is 3.27. The molecule has 0 amide bonds. The van der Waals surface area contributed by atoms with Crippen molar-refractivity contribution >= 4 is 23.2 Å². The highest BCUT2D eigenvalue weighted by Crippen LogP contribution is 2.31. The number of ether oxygens (including phenoxy) is 1. The molecule has 1 aromatic rings. The Balaban J connectivity index is 2.77. The van der Waals surface area contributed by atoms with Crippen LogP contribution in [0.2, 0.25) is 10.0 Å². The van der Waals surface area contributed by atoms with Gasteiger partial charge in [0.2, 0.25) is 0 Å². The molecular formula is C12H17Cl2NO. The molecule has 0 heterocycles. The SMILES string of the molecule is CCN(C)CCc1cc(Cl)c(OC)cc1Cl. The van der Waals surface area contributed by atoms with E-state index in [1.54, 1.807) is 13.2 Å². The van der Waals surface area contributed by atoms with E-state index < -0.39 is 0 Å². The van der Waals surface area contributed by atoms with Gasteiger partial charge in [0.15, 0.2) is 0 Å². The van der Waals surface area contributed by atoms with E-state index >= 15 is 0 Å². The summed E-state index contributed by atoms with van der Waals surface area (Å²) in [5.74, 6) is 0.624. The molecule has 0 aliphatic rings. The van der Waals surface area contributed by atoms with Crippen LogP contribution in [0, 0.1) is 0 Å². The van der Waals surface area contributed by atoms with Crippen LogP contribution >= 0.6 is 23.2 Å². The summed E-state index contributed by atoms with van der Waals surface area (Å²) in [6.45, 7) is 4.13. The number of hydrogen-bond donors (Lipinski definition) is 0. The predicted octanol–water partition coefficient (Wildman–Crippen LogP) is 3.50. The first-order chi connectivity index (χ1) is 7.58. The Morgan fingerprint density at radius 2 is 1.94 bits per heavy atom. The third-order valence-electron chi connectivity index (χ3n) is 2.62. The molecule has 0 atom stereocenters.